The number of nitrogens with one attached hydrogen (secondary N) is 2. The van der Waals surface area contributed by atoms with Crippen LogP contribution in [0.4, 0.5) is 0 Å². The topological polar surface area (TPSA) is 58.2 Å². The van der Waals surface area contributed by atoms with Crippen molar-refractivity contribution in [2.45, 2.75) is 13.5 Å². The van der Waals surface area contributed by atoms with Crippen LogP contribution in [0, 0.1) is 6.92 Å². The van der Waals surface area contributed by atoms with Crippen LogP contribution in [0.2, 0.25) is 0 Å². The zero-order valence-corrected chi connectivity index (χ0v) is 9.82. The van der Waals surface area contributed by atoms with Crippen LogP contribution in [0.3, 0.4) is 0 Å². The van der Waals surface area contributed by atoms with Crippen LogP contribution in [-0.4, -0.2) is 18.4 Å². The summed E-state index contributed by atoms with van der Waals surface area (Å²) in [6.07, 6.45) is 1.52. The SMILES string of the molecule is C=CCNC(=O)C(=O)NCc1cccc(C)c1. The number of benzene rings is 1. The van der Waals surface area contributed by atoms with Gasteiger partial charge in [0.25, 0.3) is 0 Å². The average Bonchev–Trinajstić information content (AvgIpc) is 2.33. The quantitative estimate of drug-likeness (QED) is 0.599. The molecule has 0 heterocycles. The van der Waals surface area contributed by atoms with E-state index in [-0.39, 0.29) is 6.54 Å². The maximum absolute atomic E-state index is 11.3. The van der Waals surface area contributed by atoms with E-state index in [9.17, 15) is 9.59 Å². The van der Waals surface area contributed by atoms with Crippen molar-refractivity contribution in [2.24, 2.45) is 0 Å². The predicted molar refractivity (Wildman–Crippen MR) is 66.2 cm³/mol. The molecular weight excluding hydrogens is 216 g/mol. The third kappa shape index (κ3) is 4.51. The molecule has 2 amide bonds. The van der Waals surface area contributed by atoms with Crippen LogP contribution in [-0.2, 0) is 16.1 Å². The van der Waals surface area contributed by atoms with Gasteiger partial charge in [-0.2, -0.15) is 0 Å². The number of carbonyl (C=O) groups is 2. The molecule has 0 spiro atoms. The fourth-order valence-electron chi connectivity index (χ4n) is 1.33. The molecular formula is C13H16N2O2. The Labute approximate surface area is 101 Å². The van der Waals surface area contributed by atoms with E-state index < -0.39 is 11.8 Å². The van der Waals surface area contributed by atoms with Gasteiger partial charge in [0, 0.05) is 13.1 Å². The number of hydrogen-bond donors (Lipinski definition) is 2. The monoisotopic (exact) mass is 232 g/mol. The van der Waals surface area contributed by atoms with Gasteiger partial charge in [0.15, 0.2) is 0 Å². The van der Waals surface area contributed by atoms with Gasteiger partial charge in [-0.05, 0) is 12.5 Å². The first-order chi connectivity index (χ1) is 8.13. The van der Waals surface area contributed by atoms with Gasteiger partial charge in [0.05, 0.1) is 0 Å². The summed E-state index contributed by atoms with van der Waals surface area (Å²) >= 11 is 0. The largest absolute Gasteiger partial charge is 0.344 e. The molecule has 4 nitrogen and oxygen atoms in total. The highest BCUT2D eigenvalue weighted by molar-refractivity contribution is 6.35. The fourth-order valence-corrected chi connectivity index (χ4v) is 1.33. The fraction of sp³-hybridized carbons (Fsp3) is 0.231. The number of amides is 2. The van der Waals surface area contributed by atoms with E-state index in [4.69, 9.17) is 0 Å². The van der Waals surface area contributed by atoms with Gasteiger partial charge >= 0.3 is 11.8 Å². The maximum atomic E-state index is 11.3. The molecule has 0 saturated carbocycles. The summed E-state index contributed by atoms with van der Waals surface area (Å²) < 4.78 is 0. The van der Waals surface area contributed by atoms with Crippen molar-refractivity contribution < 1.29 is 9.59 Å². The Kier molecular flexibility index (Phi) is 4.94. The second kappa shape index (κ2) is 6.48. The summed E-state index contributed by atoms with van der Waals surface area (Å²) in [5.74, 6) is -1.27. The van der Waals surface area contributed by atoms with E-state index in [0.717, 1.165) is 11.1 Å². The number of aryl methyl sites for hydroxylation is 1. The molecule has 0 aliphatic heterocycles. The summed E-state index contributed by atoms with van der Waals surface area (Å²) in [6.45, 7) is 6.06. The summed E-state index contributed by atoms with van der Waals surface area (Å²) in [7, 11) is 0. The van der Waals surface area contributed by atoms with Gasteiger partial charge in [0.1, 0.15) is 0 Å². The molecule has 0 radical (unpaired) electrons. The van der Waals surface area contributed by atoms with E-state index in [2.05, 4.69) is 17.2 Å². The highest BCUT2D eigenvalue weighted by Gasteiger charge is 2.11. The maximum Gasteiger partial charge on any atom is 0.309 e. The molecule has 0 unspecified atom stereocenters. The summed E-state index contributed by atoms with van der Waals surface area (Å²) in [5, 5.41) is 4.96. The van der Waals surface area contributed by atoms with Crippen LogP contribution in [0.15, 0.2) is 36.9 Å². The van der Waals surface area contributed by atoms with Gasteiger partial charge in [-0.15, -0.1) is 6.58 Å². The second-order valence-corrected chi connectivity index (χ2v) is 3.67. The van der Waals surface area contributed by atoms with E-state index in [1.54, 1.807) is 0 Å². The minimum absolute atomic E-state index is 0.288. The van der Waals surface area contributed by atoms with E-state index in [1.807, 2.05) is 31.2 Å². The minimum Gasteiger partial charge on any atom is -0.344 e. The molecule has 1 aromatic carbocycles. The molecule has 1 aromatic rings. The molecule has 0 aromatic heterocycles. The van der Waals surface area contributed by atoms with Crippen molar-refractivity contribution in [2.75, 3.05) is 6.54 Å². The van der Waals surface area contributed by atoms with Crippen LogP contribution in [0.25, 0.3) is 0 Å². The third-order valence-corrected chi connectivity index (χ3v) is 2.15. The van der Waals surface area contributed by atoms with Crippen LogP contribution in [0.5, 0.6) is 0 Å². The normalized spacial score (nSPS) is 9.47. The standard InChI is InChI=1S/C13H16N2O2/c1-3-7-14-12(16)13(17)15-9-11-6-4-5-10(2)8-11/h3-6,8H,1,7,9H2,2H3,(H,14,16)(H,15,17). The lowest BCUT2D eigenvalue weighted by Crippen LogP contribution is -2.39. The van der Waals surface area contributed by atoms with Crippen LogP contribution in [0.1, 0.15) is 11.1 Å². The Morgan fingerprint density at radius 2 is 2.00 bits per heavy atom. The molecule has 90 valence electrons. The Balaban J connectivity index is 2.42. The Morgan fingerprint density at radius 3 is 2.65 bits per heavy atom. The lowest BCUT2D eigenvalue weighted by Gasteiger charge is -2.05. The summed E-state index contributed by atoms with van der Waals surface area (Å²) in [6, 6.07) is 7.74. The van der Waals surface area contributed by atoms with E-state index in [1.165, 1.54) is 6.08 Å². The first-order valence-corrected chi connectivity index (χ1v) is 5.36. The van der Waals surface area contributed by atoms with Crippen molar-refractivity contribution in [1.29, 1.82) is 0 Å². The Bertz CT molecular complexity index is 427. The molecule has 0 aliphatic rings. The molecule has 1 rings (SSSR count). The van der Waals surface area contributed by atoms with E-state index >= 15 is 0 Å². The highest BCUT2D eigenvalue weighted by atomic mass is 16.2. The van der Waals surface area contributed by atoms with Crippen LogP contribution < -0.4 is 10.6 Å². The number of carbonyl (C=O) groups excluding carboxylic acids is 2. The molecule has 0 aliphatic carbocycles. The van der Waals surface area contributed by atoms with Crippen molar-refractivity contribution in [3.05, 3.63) is 48.0 Å². The molecule has 4 heteroatoms. The van der Waals surface area contributed by atoms with Crippen molar-refractivity contribution in [3.8, 4) is 0 Å². The molecule has 0 saturated heterocycles. The zero-order valence-electron chi connectivity index (χ0n) is 9.82. The minimum atomic E-state index is -0.641. The first kappa shape index (κ1) is 13.0. The van der Waals surface area contributed by atoms with Crippen molar-refractivity contribution in [1.82, 2.24) is 10.6 Å². The molecule has 2 N–H and O–H groups in total. The van der Waals surface area contributed by atoms with Gasteiger partial charge in [-0.1, -0.05) is 35.9 Å². The highest BCUT2D eigenvalue weighted by Crippen LogP contribution is 2.02. The van der Waals surface area contributed by atoms with Crippen molar-refractivity contribution >= 4 is 11.8 Å². The number of hydrogen-bond acceptors (Lipinski definition) is 2. The zero-order chi connectivity index (χ0) is 12.7. The van der Waals surface area contributed by atoms with E-state index in [0.29, 0.717) is 6.54 Å². The Morgan fingerprint density at radius 1 is 1.29 bits per heavy atom. The molecule has 0 atom stereocenters. The molecule has 0 bridgehead atoms. The predicted octanol–water partition coefficient (Wildman–Crippen LogP) is 0.913. The molecule has 0 fully saturated rings. The first-order valence-electron chi connectivity index (χ1n) is 5.36. The van der Waals surface area contributed by atoms with Gasteiger partial charge < -0.3 is 10.6 Å². The molecule has 17 heavy (non-hydrogen) atoms. The average molecular weight is 232 g/mol. The smallest absolute Gasteiger partial charge is 0.309 e. The number of rotatable bonds is 4. The summed E-state index contributed by atoms with van der Waals surface area (Å²) in [5.41, 5.74) is 2.09. The lowest BCUT2D eigenvalue weighted by molar-refractivity contribution is -0.139. The van der Waals surface area contributed by atoms with Crippen LogP contribution >= 0.6 is 0 Å². The van der Waals surface area contributed by atoms with Crippen molar-refractivity contribution in [3.63, 3.8) is 0 Å². The summed E-state index contributed by atoms with van der Waals surface area (Å²) in [4.78, 5) is 22.6. The lowest BCUT2D eigenvalue weighted by atomic mass is 10.1. The third-order valence-electron chi connectivity index (χ3n) is 2.15. The Hall–Kier alpha value is -2.10. The van der Waals surface area contributed by atoms with Gasteiger partial charge in [-0.3, -0.25) is 9.59 Å². The van der Waals surface area contributed by atoms with Gasteiger partial charge in [-0.25, -0.2) is 0 Å². The second-order valence-electron chi connectivity index (χ2n) is 3.67. The van der Waals surface area contributed by atoms with Gasteiger partial charge in [0.2, 0.25) is 0 Å².